The summed E-state index contributed by atoms with van der Waals surface area (Å²) >= 11 is 3.27. The standard InChI is InChI=1S/C17H14BrN3O4/c1-25-17(24)12-7-5-11(6-8-12)10-19-21-16(23)15(22)20-14-4-2-3-13(18)9-14/h2-10H,1H3,(H,20,22)(H,21,23)/b19-10+. The van der Waals surface area contributed by atoms with Crippen LogP contribution in [0.2, 0.25) is 0 Å². The Labute approximate surface area is 152 Å². The zero-order valence-corrected chi connectivity index (χ0v) is 14.7. The number of carbonyl (C=O) groups is 3. The maximum Gasteiger partial charge on any atom is 0.337 e. The van der Waals surface area contributed by atoms with E-state index in [9.17, 15) is 14.4 Å². The first-order valence-corrected chi connectivity index (χ1v) is 7.87. The number of anilines is 1. The Bertz CT molecular complexity index is 819. The second-order valence-electron chi connectivity index (χ2n) is 4.78. The minimum absolute atomic E-state index is 0.400. The summed E-state index contributed by atoms with van der Waals surface area (Å²) in [5, 5.41) is 6.16. The van der Waals surface area contributed by atoms with Crippen LogP contribution in [0.4, 0.5) is 5.69 Å². The summed E-state index contributed by atoms with van der Waals surface area (Å²) in [6.45, 7) is 0. The van der Waals surface area contributed by atoms with Gasteiger partial charge in [0.15, 0.2) is 0 Å². The molecule has 128 valence electrons. The molecule has 2 amide bonds. The number of halogens is 1. The number of nitrogens with zero attached hydrogens (tertiary/aromatic N) is 1. The van der Waals surface area contributed by atoms with Gasteiger partial charge in [-0.3, -0.25) is 9.59 Å². The fraction of sp³-hybridized carbons (Fsp3) is 0.0588. The molecule has 2 rings (SSSR count). The van der Waals surface area contributed by atoms with Crippen molar-refractivity contribution < 1.29 is 19.1 Å². The van der Waals surface area contributed by atoms with Gasteiger partial charge in [-0.1, -0.05) is 34.1 Å². The molecule has 8 heteroatoms. The van der Waals surface area contributed by atoms with Crippen LogP contribution in [0.15, 0.2) is 58.1 Å². The van der Waals surface area contributed by atoms with Gasteiger partial charge < -0.3 is 10.1 Å². The molecule has 0 atom stereocenters. The minimum atomic E-state index is -0.901. The Morgan fingerprint density at radius 1 is 1.08 bits per heavy atom. The molecule has 0 bridgehead atoms. The molecular formula is C17H14BrN3O4. The third kappa shape index (κ3) is 5.54. The maximum absolute atomic E-state index is 11.8. The lowest BCUT2D eigenvalue weighted by molar-refractivity contribution is -0.136. The van der Waals surface area contributed by atoms with Crippen molar-refractivity contribution in [3.05, 3.63) is 64.1 Å². The largest absolute Gasteiger partial charge is 0.465 e. The second-order valence-corrected chi connectivity index (χ2v) is 5.69. The van der Waals surface area contributed by atoms with Crippen molar-refractivity contribution in [3.8, 4) is 0 Å². The summed E-state index contributed by atoms with van der Waals surface area (Å²) < 4.78 is 5.37. The highest BCUT2D eigenvalue weighted by atomic mass is 79.9. The van der Waals surface area contributed by atoms with Gasteiger partial charge in [-0.25, -0.2) is 10.2 Å². The third-order valence-electron chi connectivity index (χ3n) is 3.00. The molecule has 0 aliphatic carbocycles. The molecule has 0 saturated carbocycles. The average Bonchev–Trinajstić information content (AvgIpc) is 2.61. The Kier molecular flexibility index (Phi) is 6.41. The van der Waals surface area contributed by atoms with Crippen molar-refractivity contribution >= 4 is 45.6 Å². The van der Waals surface area contributed by atoms with E-state index >= 15 is 0 Å². The van der Waals surface area contributed by atoms with E-state index in [1.54, 1.807) is 48.5 Å². The number of carbonyl (C=O) groups excluding carboxylic acids is 3. The third-order valence-corrected chi connectivity index (χ3v) is 3.49. The SMILES string of the molecule is COC(=O)c1ccc(/C=N/NC(=O)C(=O)Nc2cccc(Br)c2)cc1. The molecule has 0 radical (unpaired) electrons. The molecule has 2 aromatic carbocycles. The van der Waals surface area contributed by atoms with Crippen LogP contribution in [0.25, 0.3) is 0 Å². The van der Waals surface area contributed by atoms with Crippen molar-refractivity contribution in [2.45, 2.75) is 0 Å². The predicted octanol–water partition coefficient (Wildman–Crippen LogP) is 2.32. The fourth-order valence-electron chi connectivity index (χ4n) is 1.79. The number of benzene rings is 2. The minimum Gasteiger partial charge on any atom is -0.465 e. The lowest BCUT2D eigenvalue weighted by atomic mass is 10.1. The number of rotatable bonds is 4. The number of hydrazone groups is 1. The molecule has 2 N–H and O–H groups in total. The van der Waals surface area contributed by atoms with E-state index in [0.29, 0.717) is 16.8 Å². The Balaban J connectivity index is 1.89. The fourth-order valence-corrected chi connectivity index (χ4v) is 2.19. The quantitative estimate of drug-likeness (QED) is 0.354. The van der Waals surface area contributed by atoms with Crippen LogP contribution in [0, 0.1) is 0 Å². The molecule has 0 heterocycles. The highest BCUT2D eigenvalue weighted by Gasteiger charge is 2.12. The Morgan fingerprint density at radius 3 is 2.44 bits per heavy atom. The number of hydrogen-bond donors (Lipinski definition) is 2. The van der Waals surface area contributed by atoms with Crippen LogP contribution in [0.5, 0.6) is 0 Å². The van der Waals surface area contributed by atoms with Crippen LogP contribution in [-0.4, -0.2) is 31.1 Å². The molecule has 0 saturated heterocycles. The van der Waals surface area contributed by atoms with Crippen molar-refractivity contribution in [2.75, 3.05) is 12.4 Å². The number of amides is 2. The van der Waals surface area contributed by atoms with E-state index < -0.39 is 17.8 Å². The van der Waals surface area contributed by atoms with Crippen LogP contribution in [0.1, 0.15) is 15.9 Å². The first-order chi connectivity index (χ1) is 12.0. The van der Waals surface area contributed by atoms with Crippen LogP contribution in [0.3, 0.4) is 0 Å². The number of esters is 1. The topological polar surface area (TPSA) is 96.9 Å². The molecule has 0 aromatic heterocycles. The molecule has 0 fully saturated rings. The Morgan fingerprint density at radius 2 is 1.80 bits per heavy atom. The summed E-state index contributed by atoms with van der Waals surface area (Å²) in [6, 6.07) is 13.2. The highest BCUT2D eigenvalue weighted by Crippen LogP contribution is 2.15. The molecule has 7 nitrogen and oxygen atoms in total. The van der Waals surface area contributed by atoms with E-state index in [1.165, 1.54) is 13.3 Å². The van der Waals surface area contributed by atoms with E-state index in [-0.39, 0.29) is 0 Å². The molecule has 0 aliphatic heterocycles. The molecule has 2 aromatic rings. The van der Waals surface area contributed by atoms with Gasteiger partial charge in [0.1, 0.15) is 0 Å². The van der Waals surface area contributed by atoms with Gasteiger partial charge in [0.2, 0.25) is 0 Å². The summed E-state index contributed by atoms with van der Waals surface area (Å²) in [5.74, 6) is -2.18. The van der Waals surface area contributed by atoms with Crippen LogP contribution >= 0.6 is 15.9 Å². The number of hydrogen-bond acceptors (Lipinski definition) is 5. The zero-order chi connectivity index (χ0) is 18.2. The predicted molar refractivity (Wildman–Crippen MR) is 96.3 cm³/mol. The molecule has 0 aliphatic rings. The van der Waals surface area contributed by atoms with Crippen LogP contribution < -0.4 is 10.7 Å². The van der Waals surface area contributed by atoms with Gasteiger partial charge in [0.25, 0.3) is 0 Å². The normalized spacial score (nSPS) is 10.3. The molecular weight excluding hydrogens is 390 g/mol. The van der Waals surface area contributed by atoms with E-state index in [4.69, 9.17) is 0 Å². The van der Waals surface area contributed by atoms with Gasteiger partial charge in [0.05, 0.1) is 18.9 Å². The van der Waals surface area contributed by atoms with Crippen molar-refractivity contribution in [2.24, 2.45) is 5.10 Å². The smallest absolute Gasteiger partial charge is 0.337 e. The summed E-state index contributed by atoms with van der Waals surface area (Å²) in [5.41, 5.74) is 3.65. The summed E-state index contributed by atoms with van der Waals surface area (Å²) in [7, 11) is 1.30. The summed E-state index contributed by atoms with van der Waals surface area (Å²) in [4.78, 5) is 34.8. The van der Waals surface area contributed by atoms with Gasteiger partial charge in [-0.05, 0) is 35.9 Å². The van der Waals surface area contributed by atoms with E-state index in [0.717, 1.165) is 4.47 Å². The maximum atomic E-state index is 11.8. The van der Waals surface area contributed by atoms with Gasteiger partial charge in [0, 0.05) is 10.2 Å². The van der Waals surface area contributed by atoms with E-state index in [2.05, 4.69) is 36.5 Å². The van der Waals surface area contributed by atoms with Crippen molar-refractivity contribution in [1.82, 2.24) is 5.43 Å². The lowest BCUT2D eigenvalue weighted by Crippen LogP contribution is -2.32. The molecule has 0 unspecified atom stereocenters. The van der Waals surface area contributed by atoms with Gasteiger partial charge in [-0.15, -0.1) is 0 Å². The number of nitrogens with one attached hydrogen (secondary N) is 2. The monoisotopic (exact) mass is 403 g/mol. The van der Waals surface area contributed by atoms with Gasteiger partial charge >= 0.3 is 17.8 Å². The van der Waals surface area contributed by atoms with Crippen molar-refractivity contribution in [1.29, 1.82) is 0 Å². The molecule has 25 heavy (non-hydrogen) atoms. The van der Waals surface area contributed by atoms with Crippen LogP contribution in [-0.2, 0) is 14.3 Å². The molecule has 0 spiro atoms. The summed E-state index contributed by atoms with van der Waals surface area (Å²) in [6.07, 6.45) is 1.35. The van der Waals surface area contributed by atoms with E-state index in [1.807, 2.05) is 0 Å². The zero-order valence-electron chi connectivity index (χ0n) is 13.2. The lowest BCUT2D eigenvalue weighted by Gasteiger charge is -2.04. The number of ether oxygens (including phenoxy) is 1. The second kappa shape index (κ2) is 8.74. The Hall–Kier alpha value is -3.00. The first-order valence-electron chi connectivity index (χ1n) is 7.08. The van der Waals surface area contributed by atoms with Crippen molar-refractivity contribution in [3.63, 3.8) is 0 Å². The number of methoxy groups -OCH3 is 1. The average molecular weight is 404 g/mol. The van der Waals surface area contributed by atoms with Gasteiger partial charge in [-0.2, -0.15) is 5.10 Å². The first kappa shape index (κ1) is 18.3. The highest BCUT2D eigenvalue weighted by molar-refractivity contribution is 9.10.